The molecule has 1 fully saturated rings. The number of amides is 1. The molecule has 1 aliphatic heterocycles. The van der Waals surface area contributed by atoms with Crippen LogP contribution in [0.4, 0.5) is 0 Å². The van der Waals surface area contributed by atoms with E-state index in [1.54, 1.807) is 4.90 Å². The fourth-order valence-corrected chi connectivity index (χ4v) is 1.23. The molecular weight excluding hydrogens is 182 g/mol. The highest BCUT2D eigenvalue weighted by Crippen LogP contribution is 2.20. The minimum atomic E-state index is -0.482. The van der Waals surface area contributed by atoms with E-state index >= 15 is 0 Å². The van der Waals surface area contributed by atoms with Crippen molar-refractivity contribution < 1.29 is 14.6 Å². The molecule has 1 aliphatic rings. The van der Waals surface area contributed by atoms with Gasteiger partial charge in [-0.2, -0.15) is 0 Å². The lowest BCUT2D eigenvalue weighted by molar-refractivity contribution is -0.145. The maximum atomic E-state index is 11.3. The monoisotopic (exact) mass is 201 g/mol. The Labute approximate surface area is 84.8 Å². The van der Waals surface area contributed by atoms with Gasteiger partial charge >= 0.3 is 0 Å². The zero-order chi connectivity index (χ0) is 10.8. The second-order valence-corrected chi connectivity index (χ2v) is 4.77. The van der Waals surface area contributed by atoms with Crippen LogP contribution in [0.1, 0.15) is 20.8 Å². The average molecular weight is 201 g/mol. The van der Waals surface area contributed by atoms with Crippen molar-refractivity contribution >= 4 is 5.91 Å². The van der Waals surface area contributed by atoms with Crippen molar-refractivity contribution in [2.24, 2.45) is 5.41 Å². The summed E-state index contributed by atoms with van der Waals surface area (Å²) in [6.07, 6.45) is -0.482. The molecular formula is C10H19NO3. The summed E-state index contributed by atoms with van der Waals surface area (Å²) in [6, 6.07) is 0. The molecule has 82 valence electrons. The van der Waals surface area contributed by atoms with Crippen LogP contribution in [0.25, 0.3) is 0 Å². The molecule has 1 N–H and O–H groups in total. The Bertz CT molecular complexity index is 210. The summed E-state index contributed by atoms with van der Waals surface area (Å²) in [7, 11) is 0. The predicted octanol–water partition coefficient (Wildman–Crippen LogP) is 0.252. The first-order valence-electron chi connectivity index (χ1n) is 4.95. The minimum absolute atomic E-state index is 0.0282. The number of carbonyl (C=O) groups excluding carboxylic acids is 1. The standard InChI is InChI=1S/C10H19NO3/c1-10(2,3)8(12)6-11-4-5-14-7-9(11)13/h8,12H,4-7H2,1-3H3. The van der Waals surface area contributed by atoms with Crippen LogP contribution in [-0.4, -0.2) is 48.3 Å². The lowest BCUT2D eigenvalue weighted by Crippen LogP contribution is -2.47. The van der Waals surface area contributed by atoms with Gasteiger partial charge in [0.15, 0.2) is 0 Å². The van der Waals surface area contributed by atoms with Gasteiger partial charge in [-0.05, 0) is 5.41 Å². The summed E-state index contributed by atoms with van der Waals surface area (Å²) < 4.78 is 5.01. The molecule has 4 nitrogen and oxygen atoms in total. The van der Waals surface area contributed by atoms with Crippen molar-refractivity contribution in [1.29, 1.82) is 0 Å². The Kier molecular flexibility index (Phi) is 3.50. The number of nitrogens with zero attached hydrogens (tertiary/aromatic N) is 1. The number of rotatable bonds is 2. The zero-order valence-electron chi connectivity index (χ0n) is 9.12. The van der Waals surface area contributed by atoms with E-state index in [2.05, 4.69) is 0 Å². The molecule has 1 atom stereocenters. The predicted molar refractivity (Wildman–Crippen MR) is 52.9 cm³/mol. The number of aliphatic hydroxyl groups excluding tert-OH is 1. The summed E-state index contributed by atoms with van der Waals surface area (Å²) in [6.45, 7) is 7.60. The van der Waals surface area contributed by atoms with Gasteiger partial charge in [0.05, 0.1) is 12.7 Å². The van der Waals surface area contributed by atoms with Gasteiger partial charge < -0.3 is 14.7 Å². The minimum Gasteiger partial charge on any atom is -0.391 e. The molecule has 0 aliphatic carbocycles. The first kappa shape index (κ1) is 11.5. The van der Waals surface area contributed by atoms with Crippen molar-refractivity contribution in [2.45, 2.75) is 26.9 Å². The van der Waals surface area contributed by atoms with E-state index in [-0.39, 0.29) is 17.9 Å². The van der Waals surface area contributed by atoms with Crippen molar-refractivity contribution in [3.8, 4) is 0 Å². The number of hydrogen-bond acceptors (Lipinski definition) is 3. The lowest BCUT2D eigenvalue weighted by Gasteiger charge is -2.33. The van der Waals surface area contributed by atoms with Gasteiger partial charge in [-0.15, -0.1) is 0 Å². The molecule has 0 bridgehead atoms. The van der Waals surface area contributed by atoms with Crippen LogP contribution in [-0.2, 0) is 9.53 Å². The van der Waals surface area contributed by atoms with Crippen LogP contribution >= 0.6 is 0 Å². The largest absolute Gasteiger partial charge is 0.391 e. The van der Waals surface area contributed by atoms with Crippen LogP contribution in [0, 0.1) is 5.41 Å². The van der Waals surface area contributed by atoms with Crippen LogP contribution in [0.15, 0.2) is 0 Å². The number of carbonyl (C=O) groups is 1. The van der Waals surface area contributed by atoms with Crippen LogP contribution < -0.4 is 0 Å². The van der Waals surface area contributed by atoms with E-state index in [9.17, 15) is 9.90 Å². The molecule has 0 aromatic rings. The second kappa shape index (κ2) is 4.28. The lowest BCUT2D eigenvalue weighted by atomic mass is 9.89. The molecule has 0 radical (unpaired) electrons. The molecule has 1 unspecified atom stereocenters. The maximum Gasteiger partial charge on any atom is 0.248 e. The van der Waals surface area contributed by atoms with E-state index in [1.165, 1.54) is 0 Å². The van der Waals surface area contributed by atoms with E-state index in [0.29, 0.717) is 19.7 Å². The molecule has 1 heterocycles. The first-order chi connectivity index (χ1) is 6.41. The summed E-state index contributed by atoms with van der Waals surface area (Å²) in [4.78, 5) is 13.0. The van der Waals surface area contributed by atoms with Crippen molar-refractivity contribution in [2.75, 3.05) is 26.3 Å². The van der Waals surface area contributed by atoms with Gasteiger partial charge in [-0.1, -0.05) is 20.8 Å². The molecule has 14 heavy (non-hydrogen) atoms. The molecule has 0 aromatic heterocycles. The first-order valence-corrected chi connectivity index (χ1v) is 4.95. The summed E-state index contributed by atoms with van der Waals surface area (Å²) >= 11 is 0. The fraction of sp³-hybridized carbons (Fsp3) is 0.900. The molecule has 4 heteroatoms. The highest BCUT2D eigenvalue weighted by atomic mass is 16.5. The van der Waals surface area contributed by atoms with E-state index < -0.39 is 6.10 Å². The second-order valence-electron chi connectivity index (χ2n) is 4.77. The van der Waals surface area contributed by atoms with Gasteiger partial charge in [-0.3, -0.25) is 4.79 Å². The summed E-state index contributed by atoms with van der Waals surface area (Å²) in [5, 5.41) is 9.82. The Balaban J connectivity index is 2.46. The van der Waals surface area contributed by atoms with Crippen LogP contribution in [0.2, 0.25) is 0 Å². The molecule has 1 saturated heterocycles. The highest BCUT2D eigenvalue weighted by Gasteiger charge is 2.27. The highest BCUT2D eigenvalue weighted by molar-refractivity contribution is 5.78. The molecule has 1 rings (SSSR count). The number of β-amino-alcohol motifs (C(OH)–C–C–N with tert-alkyl or cyclic N) is 1. The van der Waals surface area contributed by atoms with Gasteiger partial charge in [0.1, 0.15) is 6.61 Å². The Hall–Kier alpha value is -0.610. The third-order valence-electron chi connectivity index (χ3n) is 2.48. The van der Waals surface area contributed by atoms with Crippen molar-refractivity contribution in [3.63, 3.8) is 0 Å². The van der Waals surface area contributed by atoms with Gasteiger partial charge in [-0.25, -0.2) is 0 Å². The molecule has 0 aromatic carbocycles. The molecule has 1 amide bonds. The van der Waals surface area contributed by atoms with Gasteiger partial charge in [0.2, 0.25) is 5.91 Å². The third kappa shape index (κ3) is 2.96. The Morgan fingerprint density at radius 1 is 1.57 bits per heavy atom. The summed E-state index contributed by atoms with van der Waals surface area (Å²) in [5.74, 6) is -0.0282. The fourth-order valence-electron chi connectivity index (χ4n) is 1.23. The van der Waals surface area contributed by atoms with E-state index in [1.807, 2.05) is 20.8 Å². The zero-order valence-corrected chi connectivity index (χ0v) is 9.12. The normalized spacial score (nSPS) is 21.1. The van der Waals surface area contributed by atoms with Crippen molar-refractivity contribution in [3.05, 3.63) is 0 Å². The Morgan fingerprint density at radius 2 is 2.21 bits per heavy atom. The summed E-state index contributed by atoms with van der Waals surface area (Å²) in [5.41, 5.74) is -0.182. The van der Waals surface area contributed by atoms with Crippen LogP contribution in [0.3, 0.4) is 0 Å². The van der Waals surface area contributed by atoms with Gasteiger partial charge in [0, 0.05) is 13.1 Å². The topological polar surface area (TPSA) is 49.8 Å². The van der Waals surface area contributed by atoms with Crippen LogP contribution in [0.5, 0.6) is 0 Å². The quantitative estimate of drug-likeness (QED) is 0.697. The van der Waals surface area contributed by atoms with Crippen molar-refractivity contribution in [1.82, 2.24) is 4.90 Å². The van der Waals surface area contributed by atoms with E-state index in [4.69, 9.17) is 4.74 Å². The van der Waals surface area contributed by atoms with E-state index in [0.717, 1.165) is 0 Å². The molecule has 0 saturated carbocycles. The smallest absolute Gasteiger partial charge is 0.248 e. The SMILES string of the molecule is CC(C)(C)C(O)CN1CCOCC1=O. The number of aliphatic hydroxyl groups is 1. The average Bonchev–Trinajstić information content (AvgIpc) is 2.07. The third-order valence-corrected chi connectivity index (χ3v) is 2.48. The van der Waals surface area contributed by atoms with Gasteiger partial charge in [0.25, 0.3) is 0 Å². The number of morpholine rings is 1. The maximum absolute atomic E-state index is 11.3. The number of ether oxygens (including phenoxy) is 1. The number of hydrogen-bond donors (Lipinski definition) is 1. The Morgan fingerprint density at radius 3 is 2.71 bits per heavy atom. The molecule has 0 spiro atoms.